The number of halogens is 1. The molecule has 2 aliphatic rings. The maximum atomic E-state index is 13.1. The molecule has 1 atom stereocenters. The normalized spacial score (nSPS) is 21.1. The maximum Gasteiger partial charge on any atom is 0.260 e. The molecule has 0 spiro atoms. The zero-order valence-corrected chi connectivity index (χ0v) is 14.2. The van der Waals surface area contributed by atoms with Gasteiger partial charge in [0.2, 0.25) is 0 Å². The van der Waals surface area contributed by atoms with Crippen LogP contribution < -0.4 is 4.74 Å². The monoisotopic (exact) mass is 350 g/mol. The van der Waals surface area contributed by atoms with Crippen molar-refractivity contribution in [2.75, 3.05) is 39.4 Å². The standard InChI is InChI=1S/C18H23FN2O4/c19-14-4-1-5-15(12-14)25-13-17(22)20-7-3-8-21(10-9-20)18(23)16-6-2-11-24-16/h1,4-5,12,16H,2-3,6-11,13H2. The lowest BCUT2D eigenvalue weighted by atomic mass is 10.2. The molecule has 2 saturated heterocycles. The number of hydrogen-bond donors (Lipinski definition) is 0. The van der Waals surface area contributed by atoms with Crippen molar-refractivity contribution >= 4 is 11.8 Å². The Kier molecular flexibility index (Phi) is 5.86. The topological polar surface area (TPSA) is 59.1 Å². The third-order valence-electron chi connectivity index (χ3n) is 4.52. The highest BCUT2D eigenvalue weighted by molar-refractivity contribution is 5.81. The lowest BCUT2D eigenvalue weighted by Crippen LogP contribution is -2.42. The van der Waals surface area contributed by atoms with Crippen molar-refractivity contribution in [1.29, 1.82) is 0 Å². The Balaban J connectivity index is 1.48. The van der Waals surface area contributed by atoms with Crippen LogP contribution in [0.5, 0.6) is 5.75 Å². The van der Waals surface area contributed by atoms with Gasteiger partial charge in [-0.3, -0.25) is 9.59 Å². The van der Waals surface area contributed by atoms with Gasteiger partial charge in [-0.1, -0.05) is 6.07 Å². The number of nitrogens with zero attached hydrogens (tertiary/aromatic N) is 2. The maximum absolute atomic E-state index is 13.1. The van der Waals surface area contributed by atoms with E-state index >= 15 is 0 Å². The van der Waals surface area contributed by atoms with E-state index in [1.165, 1.54) is 18.2 Å². The van der Waals surface area contributed by atoms with Gasteiger partial charge in [0.15, 0.2) is 6.61 Å². The molecule has 136 valence electrons. The van der Waals surface area contributed by atoms with Crippen LogP contribution in [-0.4, -0.2) is 67.1 Å². The van der Waals surface area contributed by atoms with Crippen molar-refractivity contribution in [2.24, 2.45) is 0 Å². The molecule has 2 heterocycles. The summed E-state index contributed by atoms with van der Waals surface area (Å²) in [5.74, 6) is -0.195. The molecule has 0 bridgehead atoms. The fourth-order valence-electron chi connectivity index (χ4n) is 3.16. The molecular weight excluding hydrogens is 327 g/mol. The zero-order chi connectivity index (χ0) is 17.6. The van der Waals surface area contributed by atoms with Crippen molar-refractivity contribution in [3.8, 4) is 5.75 Å². The summed E-state index contributed by atoms with van der Waals surface area (Å²) in [5.41, 5.74) is 0. The largest absolute Gasteiger partial charge is 0.484 e. The van der Waals surface area contributed by atoms with Crippen molar-refractivity contribution in [2.45, 2.75) is 25.4 Å². The average Bonchev–Trinajstić information content (AvgIpc) is 3.03. The van der Waals surface area contributed by atoms with Gasteiger partial charge in [-0.15, -0.1) is 0 Å². The van der Waals surface area contributed by atoms with Gasteiger partial charge in [0.05, 0.1) is 0 Å². The van der Waals surface area contributed by atoms with E-state index in [2.05, 4.69) is 0 Å². The Morgan fingerprint density at radius 2 is 1.96 bits per heavy atom. The van der Waals surface area contributed by atoms with Gasteiger partial charge in [0, 0.05) is 38.9 Å². The van der Waals surface area contributed by atoms with Gasteiger partial charge < -0.3 is 19.3 Å². The fraction of sp³-hybridized carbons (Fsp3) is 0.556. The van der Waals surface area contributed by atoms with Gasteiger partial charge in [-0.2, -0.15) is 0 Å². The summed E-state index contributed by atoms with van der Waals surface area (Å²) in [6.07, 6.45) is 2.11. The molecule has 1 aromatic carbocycles. The average molecular weight is 350 g/mol. The highest BCUT2D eigenvalue weighted by atomic mass is 19.1. The number of hydrogen-bond acceptors (Lipinski definition) is 4. The quantitative estimate of drug-likeness (QED) is 0.825. The molecular formula is C18H23FN2O4. The van der Waals surface area contributed by atoms with Gasteiger partial charge in [0.25, 0.3) is 11.8 Å². The lowest BCUT2D eigenvalue weighted by Gasteiger charge is -2.24. The number of benzene rings is 1. The van der Waals surface area contributed by atoms with Crippen molar-refractivity contribution in [3.63, 3.8) is 0 Å². The Bertz CT molecular complexity index is 619. The van der Waals surface area contributed by atoms with Gasteiger partial charge in [-0.05, 0) is 31.4 Å². The molecule has 2 amide bonds. The molecule has 1 unspecified atom stereocenters. The first-order valence-corrected chi connectivity index (χ1v) is 8.70. The molecule has 1 aromatic rings. The molecule has 2 aliphatic heterocycles. The first kappa shape index (κ1) is 17.7. The van der Waals surface area contributed by atoms with Crippen molar-refractivity contribution in [1.82, 2.24) is 9.80 Å². The van der Waals surface area contributed by atoms with Crippen molar-refractivity contribution < 1.29 is 23.5 Å². The lowest BCUT2D eigenvalue weighted by molar-refractivity contribution is -0.141. The number of amides is 2. The van der Waals surface area contributed by atoms with E-state index in [1.807, 2.05) is 0 Å². The van der Waals surface area contributed by atoms with Crippen LogP contribution in [0.1, 0.15) is 19.3 Å². The molecule has 0 radical (unpaired) electrons. The van der Waals surface area contributed by atoms with E-state index in [0.29, 0.717) is 38.5 Å². The van der Waals surface area contributed by atoms with Gasteiger partial charge in [0.1, 0.15) is 17.7 Å². The Morgan fingerprint density at radius 3 is 2.72 bits per heavy atom. The smallest absolute Gasteiger partial charge is 0.260 e. The molecule has 0 aliphatic carbocycles. The zero-order valence-electron chi connectivity index (χ0n) is 14.2. The SMILES string of the molecule is O=C(COc1cccc(F)c1)N1CCCN(C(=O)C2CCCO2)CC1. The van der Waals surface area contributed by atoms with Crippen LogP contribution in [0.3, 0.4) is 0 Å². The number of ether oxygens (including phenoxy) is 2. The number of rotatable bonds is 4. The van der Waals surface area contributed by atoms with Crippen LogP contribution in [0.15, 0.2) is 24.3 Å². The van der Waals surface area contributed by atoms with Crippen LogP contribution >= 0.6 is 0 Å². The predicted octanol–water partition coefficient (Wildman–Crippen LogP) is 1.44. The minimum Gasteiger partial charge on any atom is -0.484 e. The summed E-state index contributed by atoms with van der Waals surface area (Å²) in [7, 11) is 0. The summed E-state index contributed by atoms with van der Waals surface area (Å²) in [6.45, 7) is 2.71. The highest BCUT2D eigenvalue weighted by Crippen LogP contribution is 2.16. The van der Waals surface area contributed by atoms with Gasteiger partial charge >= 0.3 is 0 Å². The number of carbonyl (C=O) groups is 2. The van der Waals surface area contributed by atoms with E-state index < -0.39 is 5.82 Å². The third kappa shape index (κ3) is 4.69. The van der Waals surface area contributed by atoms with Crippen molar-refractivity contribution in [3.05, 3.63) is 30.1 Å². The molecule has 0 aromatic heterocycles. The summed E-state index contributed by atoms with van der Waals surface area (Å²) in [4.78, 5) is 28.2. The second-order valence-electron chi connectivity index (χ2n) is 6.31. The molecule has 3 rings (SSSR count). The van der Waals surface area contributed by atoms with Crippen LogP contribution in [0.4, 0.5) is 4.39 Å². The molecule has 6 nitrogen and oxygen atoms in total. The number of carbonyl (C=O) groups excluding carboxylic acids is 2. The molecule has 25 heavy (non-hydrogen) atoms. The van der Waals surface area contributed by atoms with Crippen LogP contribution in [-0.2, 0) is 14.3 Å². The van der Waals surface area contributed by atoms with Crippen LogP contribution in [0.2, 0.25) is 0 Å². The van der Waals surface area contributed by atoms with E-state index in [0.717, 1.165) is 19.3 Å². The fourth-order valence-corrected chi connectivity index (χ4v) is 3.16. The third-order valence-corrected chi connectivity index (χ3v) is 4.52. The Morgan fingerprint density at radius 1 is 1.16 bits per heavy atom. The van der Waals surface area contributed by atoms with Crippen LogP contribution in [0.25, 0.3) is 0 Å². The Labute approximate surface area is 146 Å². The van der Waals surface area contributed by atoms with E-state index in [4.69, 9.17) is 9.47 Å². The highest BCUT2D eigenvalue weighted by Gasteiger charge is 2.30. The molecule has 7 heteroatoms. The first-order valence-electron chi connectivity index (χ1n) is 8.70. The second-order valence-corrected chi connectivity index (χ2v) is 6.31. The molecule has 0 saturated carbocycles. The van der Waals surface area contributed by atoms with E-state index in [9.17, 15) is 14.0 Å². The predicted molar refractivity (Wildman–Crippen MR) is 88.6 cm³/mol. The summed E-state index contributed by atoms with van der Waals surface area (Å²) >= 11 is 0. The van der Waals surface area contributed by atoms with E-state index in [1.54, 1.807) is 15.9 Å². The summed E-state index contributed by atoms with van der Waals surface area (Å²) in [6, 6.07) is 5.72. The summed E-state index contributed by atoms with van der Waals surface area (Å²) in [5, 5.41) is 0. The van der Waals surface area contributed by atoms with Crippen LogP contribution in [0, 0.1) is 5.82 Å². The molecule has 2 fully saturated rings. The first-order chi connectivity index (χ1) is 12.1. The minimum absolute atomic E-state index is 0.0304. The van der Waals surface area contributed by atoms with Gasteiger partial charge in [-0.25, -0.2) is 4.39 Å². The minimum atomic E-state index is -0.400. The Hall–Kier alpha value is -2.15. The summed E-state index contributed by atoms with van der Waals surface area (Å²) < 4.78 is 23.9. The molecule has 0 N–H and O–H groups in total. The van der Waals surface area contributed by atoms with E-state index in [-0.39, 0.29) is 24.5 Å². The second kappa shape index (κ2) is 8.29.